The van der Waals surface area contributed by atoms with Crippen LogP contribution in [0, 0.1) is 40.8 Å². The van der Waals surface area contributed by atoms with Gasteiger partial charge in [0, 0.05) is 17.1 Å². The first-order valence-electron chi connectivity index (χ1n) is 24.2. The molecule has 8 aromatic carbocycles. The molecule has 0 heterocycles. The molecule has 0 aliphatic heterocycles. The third-order valence-electron chi connectivity index (χ3n) is 13.0. The van der Waals surface area contributed by atoms with Crippen LogP contribution < -0.4 is 4.90 Å². The van der Waals surface area contributed by atoms with Gasteiger partial charge in [-0.25, -0.2) is 4.85 Å². The van der Waals surface area contributed by atoms with Gasteiger partial charge in [0.2, 0.25) is 0 Å². The molecule has 0 saturated carbocycles. The van der Waals surface area contributed by atoms with Crippen LogP contribution in [0.4, 0.5) is 17.1 Å². The van der Waals surface area contributed by atoms with Gasteiger partial charge in [-0.2, -0.15) is 4.85 Å². The summed E-state index contributed by atoms with van der Waals surface area (Å²) in [6.07, 6.45) is 9.59. The number of aliphatic hydroxyl groups is 1. The van der Waals surface area contributed by atoms with Crippen molar-refractivity contribution < 1.29 is 19.7 Å². The maximum atomic E-state index is 11.6. The number of hydrogen-bond acceptors (Lipinski definition) is 4. The number of carboxylic acids is 1. The van der Waals surface area contributed by atoms with E-state index in [1.165, 1.54) is 39.5 Å². The number of aliphatic hydroxyl groups excluding tert-OH is 1. The number of nitrogens with zero attached hydrogens (tertiary/aromatic N) is 3. The molecule has 0 aromatic heterocycles. The van der Waals surface area contributed by atoms with Gasteiger partial charge in [0.05, 0.1) is 13.1 Å². The highest BCUT2D eigenvalue weighted by Crippen LogP contribution is 2.37. The minimum absolute atomic E-state index is 0.0204. The molecule has 0 unspecified atom stereocenters. The van der Waals surface area contributed by atoms with Gasteiger partial charge in [-0.15, -0.1) is 0 Å². The van der Waals surface area contributed by atoms with Crippen molar-refractivity contribution in [3.63, 3.8) is 0 Å². The average Bonchev–Trinajstić information content (AvgIpc) is 3.42. The quantitative estimate of drug-likeness (QED) is 0.0332. The molecule has 0 amide bonds. The zero-order chi connectivity index (χ0) is 52.1. The monoisotopic (exact) mass is 965 g/mol. The normalized spacial score (nSPS) is 12.2. The van der Waals surface area contributed by atoms with Crippen molar-refractivity contribution in [3.8, 4) is 0 Å². The summed E-state index contributed by atoms with van der Waals surface area (Å²) in [5.41, 5.74) is 20.4. The number of hydrogen-bond donors (Lipinski definition) is 2. The predicted octanol–water partition coefficient (Wildman–Crippen LogP) is 16.7. The van der Waals surface area contributed by atoms with Gasteiger partial charge in [-0.05, 0) is 190 Å². The Bertz CT molecular complexity index is 3550. The van der Waals surface area contributed by atoms with Crippen LogP contribution in [0.25, 0.3) is 56.8 Å². The average molecular weight is 966 g/mol. The van der Waals surface area contributed by atoms with E-state index in [1.54, 1.807) is 6.08 Å². The number of aryl methyl sites for hydroxylation is 4. The summed E-state index contributed by atoms with van der Waals surface area (Å²) in [6, 6.07) is 64.7. The summed E-state index contributed by atoms with van der Waals surface area (Å²) in [5.74, 6) is -1.23. The Balaban J connectivity index is 1.18. The third-order valence-corrected chi connectivity index (χ3v) is 13.0. The van der Waals surface area contributed by atoms with Crippen molar-refractivity contribution in [2.75, 3.05) is 11.7 Å². The van der Waals surface area contributed by atoms with E-state index >= 15 is 0 Å². The number of carbonyl (C=O) groups is 1. The van der Waals surface area contributed by atoms with Crippen molar-refractivity contribution >= 4 is 70.1 Å². The lowest BCUT2D eigenvalue weighted by Gasteiger charge is -2.26. The van der Waals surface area contributed by atoms with Crippen LogP contribution in [-0.4, -0.2) is 23.0 Å². The molecule has 0 spiro atoms. The number of carboxylic acid groups (broad SMARTS) is 1. The number of rotatable bonds is 16. The SMILES string of the molecule is [C-]#[N+]C(=Cc1ccc(C(=Cc2ccc(N(c3ccc(C=C(C)c4ccccc4)cc3)c3ccc(C=C(c4ccc(C=C([N+]#[C-])C(=O)O)cc4)c4ccc(C)c(C)c4)cc3)cc2)c2ccc(C)c(C)c2)cc1)OCO. The van der Waals surface area contributed by atoms with Crippen LogP contribution in [0.15, 0.2) is 200 Å². The Labute approximate surface area is 434 Å². The Morgan fingerprint density at radius 3 is 1.26 bits per heavy atom. The van der Waals surface area contributed by atoms with E-state index in [9.17, 15) is 15.0 Å². The second-order valence-electron chi connectivity index (χ2n) is 18.1. The van der Waals surface area contributed by atoms with Gasteiger partial charge >= 0.3 is 11.9 Å². The molecule has 362 valence electrons. The fourth-order valence-corrected chi connectivity index (χ4v) is 8.59. The largest absolute Gasteiger partial charge is 0.494 e. The summed E-state index contributed by atoms with van der Waals surface area (Å²) in [7, 11) is 0. The first-order valence-corrected chi connectivity index (χ1v) is 24.2. The highest BCUT2D eigenvalue weighted by atomic mass is 16.6. The molecule has 8 aromatic rings. The van der Waals surface area contributed by atoms with Gasteiger partial charge in [-0.1, -0.05) is 158 Å². The van der Waals surface area contributed by atoms with E-state index < -0.39 is 12.8 Å². The number of allylic oxidation sites excluding steroid dienone is 1. The first-order chi connectivity index (χ1) is 35.9. The molecular weight excluding hydrogens is 911 g/mol. The van der Waals surface area contributed by atoms with Crippen molar-refractivity contribution in [3.05, 3.63) is 300 Å². The van der Waals surface area contributed by atoms with Crippen molar-refractivity contribution in [2.45, 2.75) is 34.6 Å². The molecule has 2 N–H and O–H groups in total. The van der Waals surface area contributed by atoms with Gasteiger partial charge in [0.25, 0.3) is 5.70 Å². The maximum absolute atomic E-state index is 11.6. The van der Waals surface area contributed by atoms with E-state index in [1.807, 2.05) is 54.6 Å². The minimum Gasteiger partial charge on any atom is -0.494 e. The second-order valence-corrected chi connectivity index (χ2v) is 18.1. The van der Waals surface area contributed by atoms with Crippen LogP contribution in [0.1, 0.15) is 84.8 Å². The Hall–Kier alpha value is -9.53. The van der Waals surface area contributed by atoms with E-state index in [0.29, 0.717) is 5.56 Å². The van der Waals surface area contributed by atoms with Gasteiger partial charge in [-0.3, -0.25) is 4.79 Å². The van der Waals surface area contributed by atoms with Crippen molar-refractivity contribution in [1.82, 2.24) is 0 Å². The Morgan fingerprint density at radius 1 is 0.473 bits per heavy atom. The van der Waals surface area contributed by atoms with Crippen LogP contribution in [0.5, 0.6) is 0 Å². The molecule has 7 heteroatoms. The van der Waals surface area contributed by atoms with Crippen LogP contribution >= 0.6 is 0 Å². The fraction of sp³-hybridized carbons (Fsp3) is 0.0896. The minimum atomic E-state index is -1.25. The van der Waals surface area contributed by atoms with Crippen LogP contribution in [-0.2, 0) is 9.53 Å². The topological polar surface area (TPSA) is 78.7 Å². The molecule has 0 radical (unpaired) electrons. The third kappa shape index (κ3) is 12.5. The van der Waals surface area contributed by atoms with Gasteiger partial charge < -0.3 is 19.8 Å². The standard InChI is InChI=1S/C67H55N3O4/c1-45-13-25-58(38-47(45)3)63(56-27-15-53(16-28-56)42-65(68-6)67(72)73)40-51-21-33-61(34-22-51)70(60-31-19-50(20-32-60)37-49(5)55-11-9-8-10-12-55)62-35-23-52(24-36-62)41-64(59-26-14-46(2)48(4)39-59)57-29-17-54(18-30-57)43-66(69-7)74-44-71/h8-43,71H,44H2,1-5H3,(H,72,73). The number of aliphatic carboxylic acids is 1. The molecule has 0 bridgehead atoms. The molecule has 8 rings (SSSR count). The fourth-order valence-electron chi connectivity index (χ4n) is 8.59. The van der Waals surface area contributed by atoms with E-state index in [0.717, 1.165) is 72.7 Å². The molecule has 0 atom stereocenters. The zero-order valence-electron chi connectivity index (χ0n) is 42.0. The lowest BCUT2D eigenvalue weighted by molar-refractivity contribution is -0.132. The number of benzene rings is 8. The summed E-state index contributed by atoms with van der Waals surface area (Å²) >= 11 is 0. The molecule has 74 heavy (non-hydrogen) atoms. The Morgan fingerprint density at radius 2 is 0.865 bits per heavy atom. The van der Waals surface area contributed by atoms with Gasteiger partial charge in [0.15, 0.2) is 6.79 Å². The molecule has 0 aliphatic rings. The summed E-state index contributed by atoms with van der Waals surface area (Å²) in [4.78, 5) is 20.4. The smallest absolute Gasteiger partial charge is 0.343 e. The summed E-state index contributed by atoms with van der Waals surface area (Å²) in [6.45, 7) is 24.7. The van der Waals surface area contributed by atoms with E-state index in [2.05, 4.69) is 201 Å². The zero-order valence-corrected chi connectivity index (χ0v) is 42.0. The molecule has 0 saturated heterocycles. The summed E-state index contributed by atoms with van der Waals surface area (Å²) in [5, 5.41) is 18.7. The Kier molecular flexibility index (Phi) is 16.2. The first kappa shape index (κ1) is 50.8. The van der Waals surface area contributed by atoms with E-state index in [-0.39, 0.29) is 11.6 Å². The summed E-state index contributed by atoms with van der Waals surface area (Å²) < 4.78 is 5.06. The lowest BCUT2D eigenvalue weighted by atomic mass is 9.92. The molecular formula is C67H55N3O4. The predicted molar refractivity (Wildman–Crippen MR) is 305 cm³/mol. The molecule has 0 fully saturated rings. The van der Waals surface area contributed by atoms with Crippen molar-refractivity contribution in [2.24, 2.45) is 0 Å². The number of anilines is 3. The highest BCUT2D eigenvalue weighted by molar-refractivity contribution is 5.96. The molecule has 7 nitrogen and oxygen atoms in total. The molecule has 0 aliphatic carbocycles. The second kappa shape index (κ2) is 23.6. The number of ether oxygens (including phenoxy) is 1. The highest BCUT2D eigenvalue weighted by Gasteiger charge is 2.16. The maximum Gasteiger partial charge on any atom is 0.343 e. The van der Waals surface area contributed by atoms with Crippen LogP contribution in [0.3, 0.4) is 0 Å². The lowest BCUT2D eigenvalue weighted by Crippen LogP contribution is -2.09. The van der Waals surface area contributed by atoms with Gasteiger partial charge in [0.1, 0.15) is 0 Å². The van der Waals surface area contributed by atoms with E-state index in [4.69, 9.17) is 17.9 Å². The van der Waals surface area contributed by atoms with Crippen molar-refractivity contribution in [1.29, 1.82) is 0 Å². The van der Waals surface area contributed by atoms with Crippen LogP contribution in [0.2, 0.25) is 0 Å².